The van der Waals surface area contributed by atoms with Gasteiger partial charge in [-0.3, -0.25) is 19.5 Å². The molecule has 0 aliphatic carbocycles. The molecule has 4 rings (SSSR count). The fraction of sp³-hybridized carbons (Fsp3) is 0.0870. The Morgan fingerprint density at radius 2 is 1.61 bits per heavy atom. The molecule has 1 aliphatic rings. The SMILES string of the molecule is Cc1ccc([C@H]2/C(=C(\O)c3ccccn3)C(=O)C(=O)N2c2ccccc2)cc1. The maximum atomic E-state index is 12.9. The van der Waals surface area contributed by atoms with E-state index in [4.69, 9.17) is 0 Å². The number of carbonyl (C=O) groups is 2. The van der Waals surface area contributed by atoms with Gasteiger partial charge in [-0.2, -0.15) is 0 Å². The van der Waals surface area contributed by atoms with Crippen molar-refractivity contribution in [3.63, 3.8) is 0 Å². The Hall–Kier alpha value is -3.73. The van der Waals surface area contributed by atoms with Crippen molar-refractivity contribution < 1.29 is 14.7 Å². The molecular formula is C23H18N2O3. The molecular weight excluding hydrogens is 352 g/mol. The Bertz CT molecular complexity index is 1060. The van der Waals surface area contributed by atoms with Gasteiger partial charge in [0.25, 0.3) is 11.7 Å². The van der Waals surface area contributed by atoms with Crippen LogP contribution in [0.25, 0.3) is 5.76 Å². The van der Waals surface area contributed by atoms with Gasteiger partial charge in [-0.25, -0.2) is 0 Å². The lowest BCUT2D eigenvalue weighted by Crippen LogP contribution is -2.29. The summed E-state index contributed by atoms with van der Waals surface area (Å²) in [5.74, 6) is -1.67. The highest BCUT2D eigenvalue weighted by Crippen LogP contribution is 2.41. The number of hydrogen-bond acceptors (Lipinski definition) is 4. The zero-order chi connectivity index (χ0) is 19.7. The Labute approximate surface area is 162 Å². The fourth-order valence-corrected chi connectivity index (χ4v) is 3.39. The number of carbonyl (C=O) groups excluding carboxylic acids is 2. The minimum absolute atomic E-state index is 0.0383. The molecule has 1 amide bonds. The van der Waals surface area contributed by atoms with E-state index in [2.05, 4.69) is 4.98 Å². The van der Waals surface area contributed by atoms with Gasteiger partial charge >= 0.3 is 0 Å². The molecule has 2 heterocycles. The summed E-state index contributed by atoms with van der Waals surface area (Å²) >= 11 is 0. The van der Waals surface area contributed by atoms with Crippen LogP contribution in [0.3, 0.4) is 0 Å². The predicted molar refractivity (Wildman–Crippen MR) is 107 cm³/mol. The number of nitrogens with zero attached hydrogens (tertiary/aromatic N) is 2. The topological polar surface area (TPSA) is 70.5 Å². The first-order valence-corrected chi connectivity index (χ1v) is 8.92. The third kappa shape index (κ3) is 2.97. The summed E-state index contributed by atoms with van der Waals surface area (Å²) < 4.78 is 0. The van der Waals surface area contributed by atoms with Crippen molar-refractivity contribution in [2.45, 2.75) is 13.0 Å². The summed E-state index contributed by atoms with van der Waals surface area (Å²) in [6.45, 7) is 1.96. The van der Waals surface area contributed by atoms with Crippen LogP contribution in [0.4, 0.5) is 5.69 Å². The molecule has 1 aliphatic heterocycles. The average molecular weight is 370 g/mol. The first-order chi connectivity index (χ1) is 13.6. The maximum absolute atomic E-state index is 12.9. The highest BCUT2D eigenvalue weighted by atomic mass is 16.3. The van der Waals surface area contributed by atoms with Crippen molar-refractivity contribution >= 4 is 23.1 Å². The molecule has 1 fully saturated rings. The smallest absolute Gasteiger partial charge is 0.300 e. The Morgan fingerprint density at radius 3 is 2.25 bits per heavy atom. The second-order valence-corrected chi connectivity index (χ2v) is 6.63. The van der Waals surface area contributed by atoms with E-state index in [-0.39, 0.29) is 17.0 Å². The van der Waals surface area contributed by atoms with Gasteiger partial charge in [0.05, 0.1) is 11.6 Å². The molecule has 1 aromatic heterocycles. The number of Topliss-reactive ketones (excluding diaryl/α,β-unsaturated/α-hetero) is 1. The highest BCUT2D eigenvalue weighted by Gasteiger charge is 2.47. The van der Waals surface area contributed by atoms with E-state index in [0.29, 0.717) is 5.69 Å². The minimum atomic E-state index is -0.731. The summed E-state index contributed by atoms with van der Waals surface area (Å²) in [5, 5.41) is 10.9. The number of ketones is 1. The van der Waals surface area contributed by atoms with Crippen molar-refractivity contribution in [3.8, 4) is 0 Å². The van der Waals surface area contributed by atoms with Gasteiger partial charge in [-0.1, -0.05) is 54.1 Å². The summed E-state index contributed by atoms with van der Waals surface area (Å²) in [7, 11) is 0. The van der Waals surface area contributed by atoms with Gasteiger partial charge in [0, 0.05) is 11.9 Å². The molecule has 1 atom stereocenters. The largest absolute Gasteiger partial charge is 0.505 e. The Kier molecular flexibility index (Phi) is 4.49. The number of anilines is 1. The third-order valence-corrected chi connectivity index (χ3v) is 4.78. The number of hydrogen-bond donors (Lipinski definition) is 1. The summed E-state index contributed by atoms with van der Waals surface area (Å²) in [5.41, 5.74) is 2.69. The highest BCUT2D eigenvalue weighted by molar-refractivity contribution is 6.51. The first kappa shape index (κ1) is 17.7. The summed E-state index contributed by atoms with van der Waals surface area (Å²) in [4.78, 5) is 31.4. The number of aromatic nitrogens is 1. The summed E-state index contributed by atoms with van der Waals surface area (Å²) in [6.07, 6.45) is 1.53. The van der Waals surface area contributed by atoms with E-state index in [0.717, 1.165) is 11.1 Å². The molecule has 0 unspecified atom stereocenters. The van der Waals surface area contributed by atoms with E-state index in [1.807, 2.05) is 37.3 Å². The van der Waals surface area contributed by atoms with E-state index < -0.39 is 17.7 Å². The molecule has 5 nitrogen and oxygen atoms in total. The molecule has 2 aromatic carbocycles. The molecule has 0 spiro atoms. The molecule has 138 valence electrons. The number of aryl methyl sites for hydroxylation is 1. The lowest BCUT2D eigenvalue weighted by atomic mass is 9.95. The number of pyridine rings is 1. The minimum Gasteiger partial charge on any atom is -0.505 e. The molecule has 1 N–H and O–H groups in total. The van der Waals surface area contributed by atoms with Crippen LogP contribution in [0.15, 0.2) is 84.6 Å². The van der Waals surface area contributed by atoms with Crippen LogP contribution in [0.1, 0.15) is 22.9 Å². The van der Waals surface area contributed by atoms with Crippen LogP contribution >= 0.6 is 0 Å². The van der Waals surface area contributed by atoms with E-state index >= 15 is 0 Å². The number of aliphatic hydroxyl groups is 1. The lowest BCUT2D eigenvalue weighted by molar-refractivity contribution is -0.132. The van der Waals surface area contributed by atoms with E-state index in [9.17, 15) is 14.7 Å². The quantitative estimate of drug-likeness (QED) is 0.429. The predicted octanol–water partition coefficient (Wildman–Crippen LogP) is 4.02. The average Bonchev–Trinajstić information content (AvgIpc) is 3.00. The van der Waals surface area contributed by atoms with Crippen molar-refractivity contribution in [1.29, 1.82) is 0 Å². The van der Waals surface area contributed by atoms with Gasteiger partial charge in [0.1, 0.15) is 5.69 Å². The van der Waals surface area contributed by atoms with Gasteiger partial charge in [-0.05, 0) is 36.8 Å². The van der Waals surface area contributed by atoms with Crippen molar-refractivity contribution in [2.24, 2.45) is 0 Å². The van der Waals surface area contributed by atoms with Crippen molar-refractivity contribution in [3.05, 3.63) is 101 Å². The zero-order valence-corrected chi connectivity index (χ0v) is 15.2. The second kappa shape index (κ2) is 7.12. The van der Waals surface area contributed by atoms with Crippen LogP contribution in [0, 0.1) is 6.92 Å². The Morgan fingerprint density at radius 1 is 0.929 bits per heavy atom. The zero-order valence-electron chi connectivity index (χ0n) is 15.2. The molecule has 0 bridgehead atoms. The van der Waals surface area contributed by atoms with E-state index in [1.165, 1.54) is 11.1 Å². The number of benzene rings is 2. The second-order valence-electron chi connectivity index (χ2n) is 6.63. The molecule has 3 aromatic rings. The monoisotopic (exact) mass is 370 g/mol. The number of para-hydroxylation sites is 1. The van der Waals surface area contributed by atoms with Crippen molar-refractivity contribution in [1.82, 2.24) is 4.98 Å². The fourth-order valence-electron chi connectivity index (χ4n) is 3.39. The maximum Gasteiger partial charge on any atom is 0.300 e. The standard InChI is InChI=1S/C23H18N2O3/c1-15-10-12-16(13-11-15)20-19(21(26)18-9-5-6-14-24-18)22(27)23(28)25(20)17-7-3-2-4-8-17/h2-14,20,26H,1H3/b21-19+/t20-/m0/s1. The van der Waals surface area contributed by atoms with Crippen LogP contribution in [-0.4, -0.2) is 21.8 Å². The van der Waals surface area contributed by atoms with Crippen LogP contribution in [-0.2, 0) is 9.59 Å². The molecule has 0 radical (unpaired) electrons. The number of rotatable bonds is 3. The third-order valence-electron chi connectivity index (χ3n) is 4.78. The van der Waals surface area contributed by atoms with Gasteiger partial charge in [-0.15, -0.1) is 0 Å². The van der Waals surface area contributed by atoms with Crippen LogP contribution in [0.2, 0.25) is 0 Å². The normalized spacial score (nSPS) is 18.5. The number of aliphatic hydroxyl groups excluding tert-OH is 1. The van der Waals surface area contributed by atoms with E-state index in [1.54, 1.807) is 42.5 Å². The molecule has 28 heavy (non-hydrogen) atoms. The summed E-state index contributed by atoms with van der Waals surface area (Å²) in [6, 6.07) is 20.9. The number of amides is 1. The first-order valence-electron chi connectivity index (χ1n) is 8.92. The molecule has 0 saturated carbocycles. The molecule has 1 saturated heterocycles. The Balaban J connectivity index is 1.95. The van der Waals surface area contributed by atoms with Gasteiger partial charge in [0.2, 0.25) is 0 Å². The lowest BCUT2D eigenvalue weighted by Gasteiger charge is -2.25. The molecule has 5 heteroatoms. The van der Waals surface area contributed by atoms with Crippen LogP contribution < -0.4 is 4.90 Å². The van der Waals surface area contributed by atoms with Crippen molar-refractivity contribution in [2.75, 3.05) is 4.90 Å². The van der Waals surface area contributed by atoms with Crippen LogP contribution in [0.5, 0.6) is 0 Å². The van der Waals surface area contributed by atoms with Gasteiger partial charge in [0.15, 0.2) is 5.76 Å². The van der Waals surface area contributed by atoms with Gasteiger partial charge < -0.3 is 5.11 Å².